The first-order valence-corrected chi connectivity index (χ1v) is 8.97. The number of aliphatic imine (C=N–C) groups is 1. The quantitative estimate of drug-likeness (QED) is 0.328. The largest absolute Gasteiger partial charge is 0.444 e. The lowest BCUT2D eigenvalue weighted by Crippen LogP contribution is -2.39. The molecule has 150 valence electrons. The molecule has 4 N–H and O–H groups in total. The van der Waals surface area contributed by atoms with Crippen molar-refractivity contribution in [2.75, 3.05) is 27.2 Å². The van der Waals surface area contributed by atoms with Crippen molar-refractivity contribution in [3.05, 3.63) is 35.4 Å². The topological polar surface area (TPSA) is 104 Å². The summed E-state index contributed by atoms with van der Waals surface area (Å²) in [6.07, 6.45) is 0.325. The summed E-state index contributed by atoms with van der Waals surface area (Å²) >= 11 is 0. The van der Waals surface area contributed by atoms with Crippen LogP contribution in [-0.4, -0.2) is 50.7 Å². The highest BCUT2D eigenvalue weighted by Gasteiger charge is 2.15. The highest BCUT2D eigenvalue weighted by atomic mass is 16.6. The van der Waals surface area contributed by atoms with Crippen LogP contribution in [0, 0.1) is 0 Å². The molecular formula is C19H31N5O3. The summed E-state index contributed by atoms with van der Waals surface area (Å²) in [5, 5.41) is 11.7. The number of carbonyl (C=O) groups is 2. The molecule has 1 rings (SSSR count). The van der Waals surface area contributed by atoms with Crippen molar-refractivity contribution in [3.63, 3.8) is 0 Å². The second-order valence-corrected chi connectivity index (χ2v) is 6.91. The van der Waals surface area contributed by atoms with Crippen molar-refractivity contribution in [2.45, 2.75) is 39.3 Å². The Morgan fingerprint density at radius 3 is 2.22 bits per heavy atom. The average Bonchev–Trinajstić information content (AvgIpc) is 2.62. The molecule has 2 amide bonds. The number of alkyl carbamates (subject to hydrolysis) is 1. The fourth-order valence-corrected chi connectivity index (χ4v) is 2.12. The smallest absolute Gasteiger partial charge is 0.407 e. The number of guanidine groups is 1. The van der Waals surface area contributed by atoms with Gasteiger partial charge < -0.3 is 26.0 Å². The molecule has 0 unspecified atom stereocenters. The molecule has 0 aliphatic heterocycles. The third kappa shape index (κ3) is 9.48. The van der Waals surface area contributed by atoms with Crippen molar-refractivity contribution < 1.29 is 14.3 Å². The number of benzene rings is 1. The molecule has 0 radical (unpaired) electrons. The number of hydrogen-bond acceptors (Lipinski definition) is 4. The second-order valence-electron chi connectivity index (χ2n) is 6.91. The van der Waals surface area contributed by atoms with Gasteiger partial charge in [-0.25, -0.2) is 4.79 Å². The normalized spacial score (nSPS) is 11.5. The summed E-state index contributed by atoms with van der Waals surface area (Å²) in [5.41, 5.74) is 1.17. The Hall–Kier alpha value is -2.77. The molecule has 8 heteroatoms. The van der Waals surface area contributed by atoms with E-state index in [9.17, 15) is 9.59 Å². The summed E-state index contributed by atoms with van der Waals surface area (Å²) in [5.74, 6) is 0.564. The van der Waals surface area contributed by atoms with Crippen LogP contribution in [0.5, 0.6) is 0 Å². The van der Waals surface area contributed by atoms with Crippen molar-refractivity contribution in [1.29, 1.82) is 0 Å². The van der Waals surface area contributed by atoms with Crippen molar-refractivity contribution >= 4 is 18.0 Å². The minimum atomic E-state index is -0.493. The van der Waals surface area contributed by atoms with E-state index in [2.05, 4.69) is 26.3 Å². The lowest BCUT2D eigenvalue weighted by molar-refractivity contribution is 0.0527. The molecule has 0 aromatic heterocycles. The Bertz CT molecular complexity index is 636. The fourth-order valence-electron chi connectivity index (χ4n) is 2.12. The number of amides is 2. The molecule has 1 aromatic carbocycles. The molecular weight excluding hydrogens is 346 g/mol. The molecule has 0 saturated heterocycles. The lowest BCUT2D eigenvalue weighted by atomic mass is 10.1. The van der Waals surface area contributed by atoms with E-state index in [1.54, 1.807) is 26.2 Å². The number of rotatable bonds is 7. The highest BCUT2D eigenvalue weighted by Crippen LogP contribution is 2.06. The van der Waals surface area contributed by atoms with Gasteiger partial charge in [-0.2, -0.15) is 0 Å². The second kappa shape index (κ2) is 11.1. The van der Waals surface area contributed by atoms with Crippen LogP contribution in [0.4, 0.5) is 4.79 Å². The number of hydrogen-bond donors (Lipinski definition) is 4. The molecule has 0 saturated carbocycles. The fraction of sp³-hybridized carbons (Fsp3) is 0.526. The number of nitrogens with zero attached hydrogens (tertiary/aromatic N) is 1. The van der Waals surface area contributed by atoms with Gasteiger partial charge in [-0.3, -0.25) is 9.79 Å². The molecule has 0 heterocycles. The molecule has 0 fully saturated rings. The van der Waals surface area contributed by atoms with Crippen LogP contribution in [0.25, 0.3) is 0 Å². The molecule has 0 bridgehead atoms. The van der Waals surface area contributed by atoms with E-state index in [4.69, 9.17) is 4.74 Å². The van der Waals surface area contributed by atoms with Crippen LogP contribution >= 0.6 is 0 Å². The van der Waals surface area contributed by atoms with Crippen molar-refractivity contribution in [1.82, 2.24) is 21.3 Å². The number of carbonyl (C=O) groups excluding carboxylic acids is 2. The van der Waals surface area contributed by atoms with Crippen LogP contribution in [0.1, 0.15) is 43.1 Å². The Kier molecular flexibility index (Phi) is 9.12. The Morgan fingerprint density at radius 2 is 1.67 bits per heavy atom. The van der Waals surface area contributed by atoms with Crippen LogP contribution < -0.4 is 21.3 Å². The summed E-state index contributed by atoms with van der Waals surface area (Å²) in [6, 6.07) is 7.37. The summed E-state index contributed by atoms with van der Waals surface area (Å²) in [6.45, 7) is 7.25. The van der Waals surface area contributed by atoms with Gasteiger partial charge in [0, 0.05) is 39.3 Å². The Balaban J connectivity index is 2.27. The number of nitrogens with one attached hydrogen (secondary N) is 4. The van der Waals surface area contributed by atoms with Gasteiger partial charge in [0.15, 0.2) is 5.96 Å². The zero-order valence-corrected chi connectivity index (χ0v) is 16.8. The van der Waals surface area contributed by atoms with Gasteiger partial charge in [-0.15, -0.1) is 0 Å². The van der Waals surface area contributed by atoms with Gasteiger partial charge in [0.25, 0.3) is 5.91 Å². The van der Waals surface area contributed by atoms with Crippen molar-refractivity contribution in [3.8, 4) is 0 Å². The minimum absolute atomic E-state index is 0.105. The van der Waals surface area contributed by atoms with Crippen molar-refractivity contribution in [2.24, 2.45) is 4.99 Å². The van der Waals surface area contributed by atoms with E-state index in [1.165, 1.54) is 0 Å². The SMILES string of the molecule is CN=C(NCCCNC(=O)OC(C)(C)C)NCc1ccc(C(=O)NC)cc1. The Labute approximate surface area is 161 Å². The maximum Gasteiger partial charge on any atom is 0.407 e. The molecule has 0 aliphatic carbocycles. The Morgan fingerprint density at radius 1 is 1.04 bits per heavy atom. The zero-order valence-electron chi connectivity index (χ0n) is 16.8. The predicted octanol–water partition coefficient (Wildman–Crippen LogP) is 1.63. The van der Waals surface area contributed by atoms with E-state index >= 15 is 0 Å². The van der Waals surface area contributed by atoms with Crippen LogP contribution in [0.15, 0.2) is 29.3 Å². The van der Waals surface area contributed by atoms with Gasteiger partial charge in [-0.05, 0) is 44.9 Å². The third-order valence-corrected chi connectivity index (χ3v) is 3.44. The molecule has 27 heavy (non-hydrogen) atoms. The van der Waals surface area contributed by atoms with Gasteiger partial charge in [0.2, 0.25) is 0 Å². The van der Waals surface area contributed by atoms with E-state index in [0.717, 1.165) is 12.0 Å². The highest BCUT2D eigenvalue weighted by molar-refractivity contribution is 5.93. The maximum atomic E-state index is 11.5. The van der Waals surface area contributed by atoms with Gasteiger partial charge in [0.05, 0.1) is 0 Å². The standard InChI is InChI=1S/C19H31N5O3/c1-19(2,3)27-18(26)23-12-6-11-22-17(21-5)24-13-14-7-9-15(10-8-14)16(25)20-4/h7-10H,6,11-13H2,1-5H3,(H,20,25)(H,23,26)(H2,21,22,24). The van der Waals surface area contributed by atoms with Crippen LogP contribution in [-0.2, 0) is 11.3 Å². The summed E-state index contributed by atoms with van der Waals surface area (Å²) in [4.78, 5) is 27.2. The van der Waals surface area contributed by atoms with E-state index in [1.807, 2.05) is 32.9 Å². The molecule has 0 atom stereocenters. The lowest BCUT2D eigenvalue weighted by Gasteiger charge is -2.19. The molecule has 0 spiro atoms. The first-order valence-electron chi connectivity index (χ1n) is 8.97. The number of ether oxygens (including phenoxy) is 1. The average molecular weight is 377 g/mol. The predicted molar refractivity (Wildman–Crippen MR) is 107 cm³/mol. The van der Waals surface area contributed by atoms with E-state index < -0.39 is 11.7 Å². The van der Waals surface area contributed by atoms with Crippen LogP contribution in [0.3, 0.4) is 0 Å². The molecule has 8 nitrogen and oxygen atoms in total. The van der Waals surface area contributed by atoms with E-state index in [0.29, 0.717) is 31.2 Å². The van der Waals surface area contributed by atoms with Gasteiger partial charge in [0.1, 0.15) is 5.60 Å². The zero-order chi connectivity index (χ0) is 20.3. The summed E-state index contributed by atoms with van der Waals surface area (Å²) < 4.78 is 5.17. The summed E-state index contributed by atoms with van der Waals surface area (Å²) in [7, 11) is 3.31. The van der Waals surface area contributed by atoms with Gasteiger partial charge >= 0.3 is 6.09 Å². The molecule has 1 aromatic rings. The minimum Gasteiger partial charge on any atom is -0.444 e. The first kappa shape index (κ1) is 22.3. The van der Waals surface area contributed by atoms with E-state index in [-0.39, 0.29) is 5.91 Å². The third-order valence-electron chi connectivity index (χ3n) is 3.44. The maximum absolute atomic E-state index is 11.5. The van der Waals surface area contributed by atoms with Crippen LogP contribution in [0.2, 0.25) is 0 Å². The first-order chi connectivity index (χ1) is 12.7. The molecule has 0 aliphatic rings. The monoisotopic (exact) mass is 377 g/mol. The van der Waals surface area contributed by atoms with Gasteiger partial charge in [-0.1, -0.05) is 12.1 Å².